The Bertz CT molecular complexity index is 1020. The molecule has 0 bridgehead atoms. The van der Waals surface area contributed by atoms with Crippen LogP contribution in [0.1, 0.15) is 18.4 Å². The maximum absolute atomic E-state index is 10.6. The van der Waals surface area contributed by atoms with E-state index in [-0.39, 0.29) is 0 Å². The molecule has 0 unspecified atom stereocenters. The van der Waals surface area contributed by atoms with Crippen LogP contribution in [0.2, 0.25) is 0 Å². The molecule has 0 amide bonds. The van der Waals surface area contributed by atoms with Crippen LogP contribution in [0.3, 0.4) is 0 Å². The van der Waals surface area contributed by atoms with Crippen LogP contribution in [0.15, 0.2) is 18.3 Å². The van der Waals surface area contributed by atoms with Gasteiger partial charge in [0.2, 0.25) is 5.88 Å². The molecule has 3 saturated heterocycles. The van der Waals surface area contributed by atoms with Gasteiger partial charge in [-0.3, -0.25) is 9.80 Å². The average Bonchev–Trinajstić information content (AvgIpc) is 3.58. The number of carboxylic acids is 3. The van der Waals surface area contributed by atoms with Crippen molar-refractivity contribution >= 4 is 17.9 Å². The van der Waals surface area contributed by atoms with E-state index >= 15 is 0 Å². The van der Waals surface area contributed by atoms with E-state index in [1.165, 1.54) is 38.0 Å². The zero-order chi connectivity index (χ0) is 33.9. The molecule has 252 valence electrons. The van der Waals surface area contributed by atoms with Gasteiger partial charge in [-0.2, -0.15) is 39.5 Å². The van der Waals surface area contributed by atoms with Crippen LogP contribution in [-0.2, 0) is 25.7 Å². The summed E-state index contributed by atoms with van der Waals surface area (Å²) >= 11 is 0. The standard InChI is InChI=1S/C18H27N3O2.3C2HF3O2/c1-22-18-14(5-4-6-19-18)9-20-10-15-12-23-13-17(16(15)11-20)21-7-2-3-8-21;3*3-2(4,5)1(6)7/h4-6,15-17H,2-3,7-13H2,1H3;3*(H,6,7)/t15-,16-,17-;;;/m1.../s1. The van der Waals surface area contributed by atoms with Crippen LogP contribution in [0, 0.1) is 11.8 Å². The van der Waals surface area contributed by atoms with Gasteiger partial charge >= 0.3 is 36.4 Å². The Labute approximate surface area is 244 Å². The van der Waals surface area contributed by atoms with Crippen molar-refractivity contribution in [1.29, 1.82) is 0 Å². The molecule has 0 aliphatic carbocycles. The molecule has 0 spiro atoms. The Hall–Kier alpha value is -3.39. The quantitative estimate of drug-likeness (QED) is 0.408. The van der Waals surface area contributed by atoms with Gasteiger partial charge < -0.3 is 24.8 Å². The molecule has 3 N–H and O–H groups in total. The summed E-state index contributed by atoms with van der Waals surface area (Å²) in [4.78, 5) is 36.2. The highest BCUT2D eigenvalue weighted by atomic mass is 19.4. The number of halogens is 9. The van der Waals surface area contributed by atoms with Gasteiger partial charge in [-0.25, -0.2) is 19.4 Å². The summed E-state index contributed by atoms with van der Waals surface area (Å²) in [5, 5.41) is 21.4. The number of carbonyl (C=O) groups is 3. The molecular weight excluding hydrogens is 629 g/mol. The molecule has 1 aromatic rings. The fourth-order valence-electron chi connectivity index (χ4n) is 4.61. The van der Waals surface area contributed by atoms with E-state index in [1.54, 1.807) is 13.3 Å². The summed E-state index contributed by atoms with van der Waals surface area (Å²) in [7, 11) is 1.70. The van der Waals surface area contributed by atoms with Crippen molar-refractivity contribution in [3.8, 4) is 5.88 Å². The molecular formula is C24H30F9N3O8. The van der Waals surface area contributed by atoms with Crippen molar-refractivity contribution in [2.75, 3.05) is 46.5 Å². The maximum Gasteiger partial charge on any atom is 0.490 e. The second kappa shape index (κ2) is 16.6. The zero-order valence-electron chi connectivity index (χ0n) is 23.0. The van der Waals surface area contributed by atoms with Crippen molar-refractivity contribution < 1.29 is 78.7 Å². The van der Waals surface area contributed by atoms with Gasteiger partial charge in [-0.1, -0.05) is 6.07 Å². The minimum Gasteiger partial charge on any atom is -0.481 e. The monoisotopic (exact) mass is 659 g/mol. The third kappa shape index (κ3) is 13.1. The summed E-state index contributed by atoms with van der Waals surface area (Å²) in [6.45, 7) is 7.60. The molecule has 3 atom stereocenters. The summed E-state index contributed by atoms with van der Waals surface area (Å²) in [5.74, 6) is -6.08. The van der Waals surface area contributed by atoms with Crippen molar-refractivity contribution in [3.63, 3.8) is 0 Å². The average molecular weight is 659 g/mol. The molecule has 44 heavy (non-hydrogen) atoms. The highest BCUT2D eigenvalue weighted by Crippen LogP contribution is 2.35. The fourth-order valence-corrected chi connectivity index (χ4v) is 4.61. The van der Waals surface area contributed by atoms with E-state index in [0.29, 0.717) is 12.0 Å². The summed E-state index contributed by atoms with van der Waals surface area (Å²) in [6, 6.07) is 4.75. The smallest absolute Gasteiger partial charge is 0.481 e. The molecule has 4 heterocycles. The van der Waals surface area contributed by atoms with Crippen LogP contribution in [-0.4, -0.2) is 119 Å². The number of nitrogens with zero attached hydrogens (tertiary/aromatic N) is 3. The minimum atomic E-state index is -5.08. The number of hydrogen-bond acceptors (Lipinski definition) is 8. The number of fused-ring (bicyclic) bond motifs is 1. The first-order valence-electron chi connectivity index (χ1n) is 12.6. The molecule has 3 fully saturated rings. The van der Waals surface area contributed by atoms with Gasteiger partial charge in [0.1, 0.15) is 0 Å². The molecule has 3 aliphatic rings. The number of aromatic nitrogens is 1. The lowest BCUT2D eigenvalue weighted by atomic mass is 9.87. The summed E-state index contributed by atoms with van der Waals surface area (Å²) in [5.41, 5.74) is 1.19. The predicted molar refractivity (Wildman–Crippen MR) is 130 cm³/mol. The van der Waals surface area contributed by atoms with Gasteiger partial charge in [0.15, 0.2) is 0 Å². The van der Waals surface area contributed by atoms with Crippen LogP contribution in [0.25, 0.3) is 0 Å². The zero-order valence-corrected chi connectivity index (χ0v) is 23.0. The van der Waals surface area contributed by atoms with Gasteiger partial charge in [0.25, 0.3) is 0 Å². The number of pyridine rings is 1. The van der Waals surface area contributed by atoms with E-state index in [9.17, 15) is 39.5 Å². The highest BCUT2D eigenvalue weighted by Gasteiger charge is 2.44. The molecule has 1 aromatic heterocycles. The van der Waals surface area contributed by atoms with Gasteiger partial charge in [0.05, 0.1) is 20.3 Å². The van der Waals surface area contributed by atoms with E-state index in [1.807, 2.05) is 6.07 Å². The topological polar surface area (TPSA) is 150 Å². The van der Waals surface area contributed by atoms with Crippen molar-refractivity contribution in [3.05, 3.63) is 23.9 Å². The van der Waals surface area contributed by atoms with Crippen molar-refractivity contribution in [2.24, 2.45) is 11.8 Å². The Balaban J connectivity index is 0.000000379. The van der Waals surface area contributed by atoms with Crippen molar-refractivity contribution in [1.82, 2.24) is 14.8 Å². The largest absolute Gasteiger partial charge is 0.490 e. The molecule has 20 heteroatoms. The molecule has 3 aliphatic heterocycles. The number of methoxy groups -OCH3 is 1. The Morgan fingerprint density at radius 3 is 1.80 bits per heavy atom. The summed E-state index contributed by atoms with van der Waals surface area (Å²) < 4.78 is 107. The van der Waals surface area contributed by atoms with Crippen LogP contribution < -0.4 is 4.74 Å². The maximum atomic E-state index is 10.6. The predicted octanol–water partition coefficient (Wildman–Crippen LogP) is 3.53. The second-order valence-corrected chi connectivity index (χ2v) is 9.55. The third-order valence-corrected chi connectivity index (χ3v) is 6.46. The molecule has 0 aromatic carbocycles. The van der Waals surface area contributed by atoms with Crippen LogP contribution in [0.5, 0.6) is 5.88 Å². The Morgan fingerprint density at radius 1 is 0.886 bits per heavy atom. The van der Waals surface area contributed by atoms with E-state index in [2.05, 4.69) is 20.9 Å². The lowest BCUT2D eigenvalue weighted by molar-refractivity contribution is -0.193. The Morgan fingerprint density at radius 2 is 1.36 bits per heavy atom. The molecule has 4 rings (SSSR count). The lowest BCUT2D eigenvalue weighted by Gasteiger charge is -2.38. The number of rotatable bonds is 4. The number of alkyl halides is 9. The first-order chi connectivity index (χ1) is 20.2. The molecule has 11 nitrogen and oxygen atoms in total. The highest BCUT2D eigenvalue weighted by molar-refractivity contribution is 5.73. The minimum absolute atomic E-state index is 0.622. The number of hydrogen-bond donors (Lipinski definition) is 3. The number of likely N-dealkylation sites (tertiary alicyclic amines) is 2. The van der Waals surface area contributed by atoms with Crippen molar-refractivity contribution in [2.45, 2.75) is 44.0 Å². The van der Waals surface area contributed by atoms with Gasteiger partial charge in [0, 0.05) is 43.4 Å². The summed E-state index contributed by atoms with van der Waals surface area (Å²) in [6.07, 6.45) is -10.8. The van der Waals surface area contributed by atoms with E-state index in [4.69, 9.17) is 39.2 Å². The van der Waals surface area contributed by atoms with E-state index in [0.717, 1.165) is 38.1 Å². The number of ether oxygens (including phenoxy) is 2. The van der Waals surface area contributed by atoms with E-state index < -0.39 is 36.4 Å². The van der Waals surface area contributed by atoms with Gasteiger partial charge in [-0.15, -0.1) is 0 Å². The first kappa shape index (κ1) is 38.6. The second-order valence-electron chi connectivity index (χ2n) is 9.55. The SMILES string of the molecule is COc1ncccc1CN1C[C@@H]2COC[C@@H](N3CCCC3)[C@@H]2C1.O=C(O)C(F)(F)F.O=C(O)C(F)(F)F.O=C(O)C(F)(F)F. The molecule has 0 radical (unpaired) electrons. The van der Waals surface area contributed by atoms with Gasteiger partial charge in [-0.05, 0) is 37.9 Å². The first-order valence-corrected chi connectivity index (χ1v) is 12.6. The van der Waals surface area contributed by atoms with Crippen LogP contribution in [0.4, 0.5) is 39.5 Å². The molecule has 0 saturated carbocycles. The number of carboxylic acid groups (broad SMARTS) is 3. The van der Waals surface area contributed by atoms with Crippen LogP contribution >= 0.6 is 0 Å². The third-order valence-electron chi connectivity index (χ3n) is 6.46. The number of aliphatic carboxylic acids is 3. The Kier molecular flexibility index (Phi) is 14.6. The fraction of sp³-hybridized carbons (Fsp3) is 0.667. The normalized spacial score (nSPS) is 22.2. The lowest BCUT2D eigenvalue weighted by Crippen LogP contribution is -2.49.